The number of carbonyl (C=O) groups is 3. The van der Waals surface area contributed by atoms with Gasteiger partial charge in [-0.15, -0.1) is 0 Å². The highest BCUT2D eigenvalue weighted by Gasteiger charge is 2.44. The van der Waals surface area contributed by atoms with Crippen molar-refractivity contribution in [2.45, 2.75) is 65.2 Å². The van der Waals surface area contributed by atoms with E-state index < -0.39 is 28.9 Å². The summed E-state index contributed by atoms with van der Waals surface area (Å²) >= 11 is 0. The predicted octanol–water partition coefficient (Wildman–Crippen LogP) is 4.36. The highest BCUT2D eigenvalue weighted by Crippen LogP contribution is 2.41. The number of nitrogens with one attached hydrogen (secondary N) is 1. The summed E-state index contributed by atoms with van der Waals surface area (Å²) in [5.74, 6) is 0.809. The lowest BCUT2D eigenvalue weighted by Crippen LogP contribution is -2.59. The van der Waals surface area contributed by atoms with Crippen LogP contribution in [0.4, 0.5) is 9.59 Å². The number of carbonyl (C=O) groups excluding carboxylic acids is 3. The van der Waals surface area contributed by atoms with Gasteiger partial charge in [0.1, 0.15) is 29.1 Å². The van der Waals surface area contributed by atoms with Crippen LogP contribution in [0, 0.1) is 0 Å². The highest BCUT2D eigenvalue weighted by atomic mass is 16.6. The Hall–Kier alpha value is -3.43. The number of hydrazine groups is 1. The molecular weight excluding hydrogens is 444 g/mol. The molecule has 0 aliphatic rings. The third kappa shape index (κ3) is 7.57. The molecule has 1 N–H and O–H groups in total. The standard InChI is InChI=1S/C24H36N2O8/c1-11-12-32-19-13-16(17(30-9)14-18(19)31-10)24(8,15-27)26(21(29)34-23(5,6)7)25-20(28)33-22(2,3)4/h11,13-15H,1,12H2,2-10H3,(H,25,28)/t24-/m1/s1. The number of aldehydes is 1. The fourth-order valence-electron chi connectivity index (χ4n) is 2.81. The Kier molecular flexibility index (Phi) is 9.36. The second-order valence-electron chi connectivity index (χ2n) is 9.50. The van der Waals surface area contributed by atoms with Crippen molar-refractivity contribution >= 4 is 18.5 Å². The molecule has 10 nitrogen and oxygen atoms in total. The molecule has 1 atom stereocenters. The molecule has 0 saturated heterocycles. The molecule has 0 bridgehead atoms. The third-order valence-corrected chi connectivity index (χ3v) is 4.26. The first kappa shape index (κ1) is 28.6. The predicted molar refractivity (Wildman–Crippen MR) is 126 cm³/mol. The second-order valence-corrected chi connectivity index (χ2v) is 9.50. The van der Waals surface area contributed by atoms with Gasteiger partial charge >= 0.3 is 12.2 Å². The zero-order valence-corrected chi connectivity index (χ0v) is 21.4. The van der Waals surface area contributed by atoms with Gasteiger partial charge in [0.15, 0.2) is 17.8 Å². The van der Waals surface area contributed by atoms with E-state index >= 15 is 0 Å². The number of ether oxygens (including phenoxy) is 5. The summed E-state index contributed by atoms with van der Waals surface area (Å²) in [5, 5.41) is 0.765. The van der Waals surface area contributed by atoms with Gasteiger partial charge in [-0.05, 0) is 54.5 Å². The van der Waals surface area contributed by atoms with Crippen LogP contribution in [-0.4, -0.2) is 55.5 Å². The number of amides is 2. The van der Waals surface area contributed by atoms with Gasteiger partial charge in [0.25, 0.3) is 0 Å². The van der Waals surface area contributed by atoms with Crippen molar-refractivity contribution in [3.63, 3.8) is 0 Å². The Balaban J connectivity index is 3.71. The largest absolute Gasteiger partial charge is 0.496 e. The summed E-state index contributed by atoms with van der Waals surface area (Å²) in [4.78, 5) is 38.4. The number of methoxy groups -OCH3 is 2. The average molecular weight is 481 g/mol. The molecule has 10 heteroatoms. The summed E-state index contributed by atoms with van der Waals surface area (Å²) in [6.07, 6.45) is 0.0799. The van der Waals surface area contributed by atoms with Gasteiger partial charge < -0.3 is 28.5 Å². The summed E-state index contributed by atoms with van der Waals surface area (Å²) in [6, 6.07) is 3.00. The van der Waals surface area contributed by atoms with Crippen molar-refractivity contribution in [2.24, 2.45) is 0 Å². The Morgan fingerprint density at radius 2 is 1.50 bits per heavy atom. The lowest BCUT2D eigenvalue weighted by Gasteiger charge is -2.38. The molecule has 0 heterocycles. The zero-order chi connectivity index (χ0) is 26.3. The van der Waals surface area contributed by atoms with Crippen LogP contribution in [0.1, 0.15) is 54.0 Å². The van der Waals surface area contributed by atoms with E-state index in [1.165, 1.54) is 33.3 Å². The molecular formula is C24H36N2O8. The van der Waals surface area contributed by atoms with Crippen molar-refractivity contribution in [3.05, 3.63) is 30.4 Å². The molecule has 0 fully saturated rings. The minimum atomic E-state index is -1.80. The average Bonchev–Trinajstić information content (AvgIpc) is 2.72. The zero-order valence-electron chi connectivity index (χ0n) is 21.4. The van der Waals surface area contributed by atoms with Crippen molar-refractivity contribution in [2.75, 3.05) is 20.8 Å². The molecule has 1 aromatic carbocycles. The smallest absolute Gasteiger partial charge is 0.430 e. The van der Waals surface area contributed by atoms with Crippen LogP contribution in [0.2, 0.25) is 0 Å². The van der Waals surface area contributed by atoms with Crippen LogP contribution < -0.4 is 19.6 Å². The first-order valence-electron chi connectivity index (χ1n) is 10.6. The van der Waals surface area contributed by atoms with Gasteiger partial charge in [-0.1, -0.05) is 12.7 Å². The Morgan fingerprint density at radius 1 is 0.941 bits per heavy atom. The molecule has 0 spiro atoms. The second kappa shape index (κ2) is 11.1. The van der Waals surface area contributed by atoms with Crippen LogP contribution in [0.3, 0.4) is 0 Å². The molecule has 190 valence electrons. The van der Waals surface area contributed by atoms with E-state index in [-0.39, 0.29) is 23.7 Å². The summed E-state index contributed by atoms with van der Waals surface area (Å²) in [5.41, 5.74) is -1.03. The number of rotatable bonds is 8. The van der Waals surface area contributed by atoms with Gasteiger partial charge in [0.2, 0.25) is 0 Å². The molecule has 0 aliphatic carbocycles. The summed E-state index contributed by atoms with van der Waals surface area (Å²) in [7, 11) is 2.85. The van der Waals surface area contributed by atoms with Crippen LogP contribution in [0.5, 0.6) is 17.2 Å². The fraction of sp³-hybridized carbons (Fsp3) is 0.542. The SMILES string of the molecule is C=CCOc1cc([C@@](C)(C=O)N(NC(=O)OC(C)(C)C)C(=O)OC(C)(C)C)c(OC)cc1OC. The first-order valence-corrected chi connectivity index (χ1v) is 10.6. The van der Waals surface area contributed by atoms with Crippen molar-refractivity contribution in [3.8, 4) is 17.2 Å². The monoisotopic (exact) mass is 480 g/mol. The molecule has 0 radical (unpaired) electrons. The van der Waals surface area contributed by atoms with Crippen molar-refractivity contribution < 1.29 is 38.1 Å². The quantitative estimate of drug-likeness (QED) is 0.332. The van der Waals surface area contributed by atoms with Gasteiger partial charge in [-0.3, -0.25) is 0 Å². The van der Waals surface area contributed by atoms with Crippen LogP contribution in [0.25, 0.3) is 0 Å². The lowest BCUT2D eigenvalue weighted by atomic mass is 9.91. The van der Waals surface area contributed by atoms with Crippen LogP contribution >= 0.6 is 0 Å². The number of hydrogen-bond donors (Lipinski definition) is 1. The van der Waals surface area contributed by atoms with E-state index in [0.29, 0.717) is 12.0 Å². The minimum Gasteiger partial charge on any atom is -0.496 e. The first-order chi connectivity index (χ1) is 15.6. The minimum absolute atomic E-state index is 0.159. The van der Waals surface area contributed by atoms with Crippen molar-refractivity contribution in [1.29, 1.82) is 0 Å². The van der Waals surface area contributed by atoms with E-state index in [0.717, 1.165) is 5.01 Å². The molecule has 34 heavy (non-hydrogen) atoms. The normalized spacial score (nSPS) is 13.1. The molecule has 2 amide bonds. The third-order valence-electron chi connectivity index (χ3n) is 4.26. The Bertz CT molecular complexity index is 901. The fourth-order valence-corrected chi connectivity index (χ4v) is 2.81. The number of nitrogens with zero attached hydrogens (tertiary/aromatic N) is 1. The highest BCUT2D eigenvalue weighted by molar-refractivity contribution is 5.82. The molecule has 0 aliphatic heterocycles. The van der Waals surface area contributed by atoms with E-state index in [4.69, 9.17) is 23.7 Å². The maximum Gasteiger partial charge on any atom is 0.430 e. The molecule has 0 unspecified atom stereocenters. The molecule has 0 aromatic heterocycles. The van der Waals surface area contributed by atoms with E-state index in [1.54, 1.807) is 47.6 Å². The number of hydrogen-bond acceptors (Lipinski definition) is 8. The van der Waals surface area contributed by atoms with E-state index in [1.807, 2.05) is 0 Å². The van der Waals surface area contributed by atoms with Gasteiger partial charge in [0.05, 0.1) is 14.2 Å². The van der Waals surface area contributed by atoms with Crippen LogP contribution in [-0.2, 0) is 19.8 Å². The summed E-state index contributed by atoms with van der Waals surface area (Å²) in [6.45, 7) is 15.2. The molecule has 0 saturated carbocycles. The maximum atomic E-state index is 13.2. The molecule has 1 rings (SSSR count). The van der Waals surface area contributed by atoms with Crippen molar-refractivity contribution in [1.82, 2.24) is 10.4 Å². The topological polar surface area (TPSA) is 113 Å². The Labute approximate surface area is 201 Å². The van der Waals surface area contributed by atoms with Crippen LogP contribution in [0.15, 0.2) is 24.8 Å². The number of benzene rings is 1. The van der Waals surface area contributed by atoms with E-state index in [9.17, 15) is 14.4 Å². The van der Waals surface area contributed by atoms with Gasteiger partial charge in [-0.25, -0.2) is 15.0 Å². The van der Waals surface area contributed by atoms with Gasteiger partial charge in [-0.2, -0.15) is 5.01 Å². The van der Waals surface area contributed by atoms with E-state index in [2.05, 4.69) is 12.0 Å². The molecule has 1 aromatic rings. The lowest BCUT2D eigenvalue weighted by molar-refractivity contribution is -0.120. The maximum absolute atomic E-state index is 13.2. The summed E-state index contributed by atoms with van der Waals surface area (Å²) < 4.78 is 27.2. The Morgan fingerprint density at radius 3 is 1.94 bits per heavy atom. The van der Waals surface area contributed by atoms with Gasteiger partial charge in [0, 0.05) is 11.6 Å².